The van der Waals surface area contributed by atoms with Crippen molar-refractivity contribution in [1.82, 2.24) is 9.44 Å². The van der Waals surface area contributed by atoms with Gasteiger partial charge >= 0.3 is 16.3 Å². The maximum Gasteiger partial charge on any atom is 0.421 e. The van der Waals surface area contributed by atoms with Crippen molar-refractivity contribution in [1.29, 1.82) is 0 Å². The monoisotopic (exact) mass is 281 g/mol. The molecule has 1 aliphatic heterocycles. The van der Waals surface area contributed by atoms with Gasteiger partial charge in [-0.2, -0.15) is 13.1 Å². The SMILES string of the molecule is CCOC(=O)NS(=O)(=O)NC1(CN)CCOCC1. The summed E-state index contributed by atoms with van der Waals surface area (Å²) in [4.78, 5) is 11.1. The molecule has 0 aliphatic carbocycles. The second-order valence-electron chi connectivity index (χ2n) is 4.02. The van der Waals surface area contributed by atoms with Crippen molar-refractivity contribution >= 4 is 16.3 Å². The molecular weight excluding hydrogens is 262 g/mol. The summed E-state index contributed by atoms with van der Waals surface area (Å²) in [5, 5.41) is 0. The van der Waals surface area contributed by atoms with E-state index in [0.29, 0.717) is 26.1 Å². The average Bonchev–Trinajstić information content (AvgIpc) is 2.29. The molecule has 18 heavy (non-hydrogen) atoms. The van der Waals surface area contributed by atoms with Crippen molar-refractivity contribution in [2.45, 2.75) is 25.3 Å². The van der Waals surface area contributed by atoms with Gasteiger partial charge in [-0.05, 0) is 19.8 Å². The van der Waals surface area contributed by atoms with Crippen LogP contribution in [0.5, 0.6) is 0 Å². The van der Waals surface area contributed by atoms with Crippen LogP contribution in [-0.4, -0.2) is 46.4 Å². The number of carbonyl (C=O) groups is 1. The van der Waals surface area contributed by atoms with Crippen molar-refractivity contribution in [3.63, 3.8) is 0 Å². The first-order chi connectivity index (χ1) is 8.43. The molecule has 106 valence electrons. The van der Waals surface area contributed by atoms with Gasteiger partial charge in [0, 0.05) is 19.8 Å². The fourth-order valence-electron chi connectivity index (χ4n) is 1.69. The highest BCUT2D eigenvalue weighted by Crippen LogP contribution is 2.20. The summed E-state index contributed by atoms with van der Waals surface area (Å²) >= 11 is 0. The number of nitrogens with one attached hydrogen (secondary N) is 2. The highest BCUT2D eigenvalue weighted by atomic mass is 32.2. The van der Waals surface area contributed by atoms with E-state index in [1.54, 1.807) is 11.6 Å². The van der Waals surface area contributed by atoms with Gasteiger partial charge in [0.05, 0.1) is 12.1 Å². The van der Waals surface area contributed by atoms with E-state index in [1.165, 1.54) is 0 Å². The number of hydrogen-bond acceptors (Lipinski definition) is 6. The topological polar surface area (TPSA) is 120 Å². The minimum atomic E-state index is -3.98. The molecule has 0 atom stereocenters. The number of nitrogens with two attached hydrogens (primary N) is 1. The van der Waals surface area contributed by atoms with Crippen LogP contribution < -0.4 is 15.2 Å². The van der Waals surface area contributed by atoms with E-state index in [4.69, 9.17) is 10.5 Å². The molecule has 0 aromatic rings. The van der Waals surface area contributed by atoms with Gasteiger partial charge < -0.3 is 15.2 Å². The molecule has 0 radical (unpaired) electrons. The van der Waals surface area contributed by atoms with E-state index in [1.807, 2.05) is 0 Å². The summed E-state index contributed by atoms with van der Waals surface area (Å²) in [5.74, 6) is 0. The first kappa shape index (κ1) is 15.2. The van der Waals surface area contributed by atoms with Crippen molar-refractivity contribution in [2.24, 2.45) is 5.73 Å². The third kappa shape index (κ3) is 4.41. The van der Waals surface area contributed by atoms with Crippen LogP contribution in [0.4, 0.5) is 4.79 Å². The molecular formula is C9H19N3O5S. The van der Waals surface area contributed by atoms with E-state index in [9.17, 15) is 13.2 Å². The number of ether oxygens (including phenoxy) is 2. The molecule has 1 heterocycles. The molecule has 0 spiro atoms. The summed E-state index contributed by atoms with van der Waals surface area (Å²) in [6.07, 6.45) is -0.0789. The smallest absolute Gasteiger partial charge is 0.421 e. The molecule has 1 saturated heterocycles. The molecule has 1 aliphatic rings. The Morgan fingerprint density at radius 3 is 2.56 bits per heavy atom. The van der Waals surface area contributed by atoms with Gasteiger partial charge in [-0.1, -0.05) is 0 Å². The fraction of sp³-hybridized carbons (Fsp3) is 0.889. The predicted molar refractivity (Wildman–Crippen MR) is 64.1 cm³/mol. The van der Waals surface area contributed by atoms with Gasteiger partial charge in [0.15, 0.2) is 0 Å². The van der Waals surface area contributed by atoms with E-state index in [-0.39, 0.29) is 13.2 Å². The van der Waals surface area contributed by atoms with E-state index in [2.05, 4.69) is 9.46 Å². The van der Waals surface area contributed by atoms with Crippen LogP contribution in [0.25, 0.3) is 0 Å². The summed E-state index contributed by atoms with van der Waals surface area (Å²) in [6, 6.07) is 0. The van der Waals surface area contributed by atoms with Gasteiger partial charge in [0.2, 0.25) is 0 Å². The van der Waals surface area contributed by atoms with E-state index >= 15 is 0 Å². The summed E-state index contributed by atoms with van der Waals surface area (Å²) in [7, 11) is -3.98. The molecule has 4 N–H and O–H groups in total. The van der Waals surface area contributed by atoms with Crippen molar-refractivity contribution < 1.29 is 22.7 Å². The third-order valence-electron chi connectivity index (χ3n) is 2.68. The maximum atomic E-state index is 11.7. The highest BCUT2D eigenvalue weighted by molar-refractivity contribution is 7.88. The lowest BCUT2D eigenvalue weighted by Crippen LogP contribution is -2.59. The van der Waals surface area contributed by atoms with Crippen molar-refractivity contribution in [3.05, 3.63) is 0 Å². The Hall–Kier alpha value is -0.900. The van der Waals surface area contributed by atoms with Crippen molar-refractivity contribution in [3.8, 4) is 0 Å². The van der Waals surface area contributed by atoms with Crippen LogP contribution in [0, 0.1) is 0 Å². The summed E-state index contributed by atoms with van der Waals surface area (Å²) in [6.45, 7) is 2.68. The molecule has 1 fully saturated rings. The molecule has 1 amide bonds. The first-order valence-electron chi connectivity index (χ1n) is 5.69. The molecule has 0 aromatic carbocycles. The average molecular weight is 281 g/mol. The van der Waals surface area contributed by atoms with E-state index < -0.39 is 21.8 Å². The number of hydrogen-bond donors (Lipinski definition) is 3. The lowest BCUT2D eigenvalue weighted by Gasteiger charge is -2.36. The Balaban J connectivity index is 2.65. The molecule has 1 rings (SSSR count). The van der Waals surface area contributed by atoms with Gasteiger partial charge in [0.1, 0.15) is 0 Å². The van der Waals surface area contributed by atoms with Crippen molar-refractivity contribution in [2.75, 3.05) is 26.4 Å². The Morgan fingerprint density at radius 2 is 2.06 bits per heavy atom. The predicted octanol–water partition coefficient (Wildman–Crippen LogP) is -0.925. The zero-order chi connectivity index (χ0) is 13.6. The minimum absolute atomic E-state index is 0.0945. The van der Waals surface area contributed by atoms with Gasteiger partial charge in [0.25, 0.3) is 0 Å². The lowest BCUT2D eigenvalue weighted by molar-refractivity contribution is 0.0500. The second kappa shape index (κ2) is 6.32. The van der Waals surface area contributed by atoms with Gasteiger partial charge in [-0.25, -0.2) is 9.52 Å². The van der Waals surface area contributed by atoms with Crippen LogP contribution in [-0.2, 0) is 19.7 Å². The van der Waals surface area contributed by atoms with Gasteiger partial charge in [-0.3, -0.25) is 0 Å². The summed E-state index contributed by atoms with van der Waals surface area (Å²) in [5.41, 5.74) is 4.84. The standard InChI is InChI=1S/C9H19N3O5S/c1-2-17-8(13)11-18(14,15)12-9(7-10)3-5-16-6-4-9/h12H,2-7,10H2,1H3,(H,11,13). The fourth-order valence-corrected chi connectivity index (χ4v) is 2.88. The lowest BCUT2D eigenvalue weighted by atomic mass is 9.92. The zero-order valence-corrected chi connectivity index (χ0v) is 11.1. The maximum absolute atomic E-state index is 11.7. The molecule has 0 unspecified atom stereocenters. The van der Waals surface area contributed by atoms with E-state index in [0.717, 1.165) is 0 Å². The van der Waals surface area contributed by atoms with Crippen LogP contribution in [0.3, 0.4) is 0 Å². The first-order valence-corrected chi connectivity index (χ1v) is 7.18. The Morgan fingerprint density at radius 1 is 1.44 bits per heavy atom. The quantitative estimate of drug-likeness (QED) is 0.599. The number of rotatable bonds is 5. The molecule has 0 bridgehead atoms. The molecule has 9 heteroatoms. The van der Waals surface area contributed by atoms with Crippen LogP contribution in [0.1, 0.15) is 19.8 Å². The normalized spacial score (nSPS) is 19.2. The minimum Gasteiger partial charge on any atom is -0.449 e. The van der Waals surface area contributed by atoms with Crippen LogP contribution >= 0.6 is 0 Å². The third-order valence-corrected chi connectivity index (χ3v) is 3.82. The molecule has 0 aromatic heterocycles. The van der Waals surface area contributed by atoms with Gasteiger partial charge in [-0.15, -0.1) is 0 Å². The Bertz CT molecular complexity index is 378. The molecule has 8 nitrogen and oxygen atoms in total. The van der Waals surface area contributed by atoms with Crippen LogP contribution in [0.15, 0.2) is 0 Å². The zero-order valence-electron chi connectivity index (χ0n) is 10.3. The highest BCUT2D eigenvalue weighted by Gasteiger charge is 2.35. The summed E-state index contributed by atoms with van der Waals surface area (Å²) < 4.78 is 37.3. The van der Waals surface area contributed by atoms with Crippen LogP contribution in [0.2, 0.25) is 0 Å². The Labute approximate surface area is 106 Å². The number of amides is 1. The largest absolute Gasteiger partial charge is 0.449 e. The molecule has 0 saturated carbocycles. The Kier molecular flexibility index (Phi) is 5.32. The second-order valence-corrected chi connectivity index (χ2v) is 5.44. The number of carbonyl (C=O) groups excluding carboxylic acids is 1.